The Labute approximate surface area is 123 Å². The van der Waals surface area contributed by atoms with E-state index in [1.54, 1.807) is 6.92 Å². The van der Waals surface area contributed by atoms with Crippen LogP contribution in [0.25, 0.3) is 0 Å². The van der Waals surface area contributed by atoms with Crippen molar-refractivity contribution in [3.63, 3.8) is 0 Å². The van der Waals surface area contributed by atoms with Crippen LogP contribution in [0.15, 0.2) is 41.3 Å². The largest absolute Gasteiger partial charge is 0.462 e. The van der Waals surface area contributed by atoms with Gasteiger partial charge in [-0.25, -0.2) is 4.79 Å². The monoisotopic (exact) mass is 285 g/mol. The number of hydrogen-bond acceptors (Lipinski definition) is 3. The molecule has 1 N–H and O–H groups in total. The molecule has 0 saturated carbocycles. The van der Waals surface area contributed by atoms with E-state index < -0.39 is 5.97 Å². The van der Waals surface area contributed by atoms with E-state index in [1.165, 1.54) is 23.4 Å². The average molecular weight is 285 g/mol. The molecule has 0 saturated heterocycles. The number of nitrogens with one attached hydrogen (secondary N) is 1. The van der Waals surface area contributed by atoms with E-state index in [0.29, 0.717) is 6.61 Å². The summed E-state index contributed by atoms with van der Waals surface area (Å²) in [5.41, 5.74) is 2.95. The van der Waals surface area contributed by atoms with Crippen LogP contribution in [-0.4, -0.2) is 17.6 Å². The Morgan fingerprint density at radius 2 is 2.00 bits per heavy atom. The molecule has 0 aliphatic rings. The van der Waals surface area contributed by atoms with Crippen LogP contribution in [0.4, 0.5) is 0 Å². The SMILES string of the molecule is Cc1cc(=O)c(C(=O)OCCCc2ccccc2C)c[nH]1. The number of ether oxygens (including phenoxy) is 1. The van der Waals surface area contributed by atoms with Crippen molar-refractivity contribution in [1.29, 1.82) is 0 Å². The molecule has 0 aliphatic heterocycles. The molecule has 0 unspecified atom stereocenters. The number of carbonyl (C=O) groups is 1. The molecule has 0 atom stereocenters. The standard InChI is InChI=1S/C17H19NO3/c1-12-6-3-4-7-14(12)8-5-9-21-17(20)15-11-18-13(2)10-16(15)19/h3-4,6-7,10-11H,5,8-9H2,1-2H3,(H,18,19). The smallest absolute Gasteiger partial charge is 0.343 e. The minimum Gasteiger partial charge on any atom is -0.462 e. The molecule has 110 valence electrons. The Balaban J connectivity index is 1.85. The van der Waals surface area contributed by atoms with Gasteiger partial charge in [-0.05, 0) is 37.8 Å². The van der Waals surface area contributed by atoms with Crippen LogP contribution in [0.2, 0.25) is 0 Å². The maximum absolute atomic E-state index is 11.8. The van der Waals surface area contributed by atoms with Gasteiger partial charge in [0.25, 0.3) is 0 Å². The van der Waals surface area contributed by atoms with Crippen LogP contribution >= 0.6 is 0 Å². The van der Waals surface area contributed by atoms with Gasteiger partial charge in [-0.1, -0.05) is 24.3 Å². The average Bonchev–Trinajstić information content (AvgIpc) is 2.45. The normalized spacial score (nSPS) is 10.4. The van der Waals surface area contributed by atoms with E-state index in [9.17, 15) is 9.59 Å². The molecular formula is C17H19NO3. The van der Waals surface area contributed by atoms with Crippen molar-refractivity contribution in [3.8, 4) is 0 Å². The second-order valence-corrected chi connectivity index (χ2v) is 5.06. The van der Waals surface area contributed by atoms with Gasteiger partial charge in [0.15, 0.2) is 5.43 Å². The number of hydrogen-bond donors (Lipinski definition) is 1. The highest BCUT2D eigenvalue weighted by Crippen LogP contribution is 2.09. The maximum atomic E-state index is 11.8. The molecule has 0 amide bonds. The molecule has 2 aromatic rings. The number of aryl methyl sites for hydroxylation is 3. The van der Waals surface area contributed by atoms with Crippen LogP contribution in [0.1, 0.15) is 33.6 Å². The number of pyridine rings is 1. The molecular weight excluding hydrogens is 266 g/mol. The minimum atomic E-state index is -0.568. The fourth-order valence-electron chi connectivity index (χ4n) is 2.13. The third-order valence-electron chi connectivity index (χ3n) is 3.36. The van der Waals surface area contributed by atoms with E-state index in [1.807, 2.05) is 12.1 Å². The summed E-state index contributed by atoms with van der Waals surface area (Å²) in [6, 6.07) is 9.53. The number of carbonyl (C=O) groups excluding carboxylic acids is 1. The molecule has 1 heterocycles. The van der Waals surface area contributed by atoms with E-state index in [-0.39, 0.29) is 11.0 Å². The lowest BCUT2D eigenvalue weighted by Crippen LogP contribution is -2.18. The Kier molecular flexibility index (Phi) is 4.93. The topological polar surface area (TPSA) is 59.2 Å². The third kappa shape index (κ3) is 4.05. The quantitative estimate of drug-likeness (QED) is 0.679. The first kappa shape index (κ1) is 15.0. The lowest BCUT2D eigenvalue weighted by atomic mass is 10.0. The first-order chi connectivity index (χ1) is 10.1. The van der Waals surface area contributed by atoms with Crippen molar-refractivity contribution in [1.82, 2.24) is 4.98 Å². The number of esters is 1. The van der Waals surface area contributed by atoms with Crippen LogP contribution < -0.4 is 5.43 Å². The van der Waals surface area contributed by atoms with Gasteiger partial charge in [-0.15, -0.1) is 0 Å². The number of rotatable bonds is 5. The zero-order valence-electron chi connectivity index (χ0n) is 12.3. The Hall–Kier alpha value is -2.36. The van der Waals surface area contributed by atoms with Crippen LogP contribution in [0.3, 0.4) is 0 Å². The fourth-order valence-corrected chi connectivity index (χ4v) is 2.13. The number of H-pyrrole nitrogens is 1. The highest BCUT2D eigenvalue weighted by molar-refractivity contribution is 5.88. The van der Waals surface area contributed by atoms with Gasteiger partial charge in [-0.3, -0.25) is 4.79 Å². The molecule has 0 aliphatic carbocycles. The van der Waals surface area contributed by atoms with Gasteiger partial charge in [0.2, 0.25) is 0 Å². The van der Waals surface area contributed by atoms with Crippen molar-refractivity contribution in [3.05, 3.63) is 69.1 Å². The highest BCUT2D eigenvalue weighted by atomic mass is 16.5. The summed E-state index contributed by atoms with van der Waals surface area (Å²) < 4.78 is 5.15. The summed E-state index contributed by atoms with van der Waals surface area (Å²) in [5, 5.41) is 0. The predicted molar refractivity (Wildman–Crippen MR) is 81.6 cm³/mol. The molecule has 1 aromatic carbocycles. The van der Waals surface area contributed by atoms with Gasteiger partial charge in [0, 0.05) is 18.0 Å². The highest BCUT2D eigenvalue weighted by Gasteiger charge is 2.11. The molecule has 0 spiro atoms. The first-order valence-corrected chi connectivity index (χ1v) is 6.99. The van der Waals surface area contributed by atoms with Gasteiger partial charge in [0.1, 0.15) is 5.56 Å². The lowest BCUT2D eigenvalue weighted by Gasteiger charge is -2.06. The zero-order valence-corrected chi connectivity index (χ0v) is 12.3. The minimum absolute atomic E-state index is 0.0523. The Morgan fingerprint density at radius 1 is 1.24 bits per heavy atom. The van der Waals surface area contributed by atoms with Crippen molar-refractivity contribution in [2.75, 3.05) is 6.61 Å². The van der Waals surface area contributed by atoms with E-state index in [2.05, 4.69) is 24.0 Å². The lowest BCUT2D eigenvalue weighted by molar-refractivity contribution is 0.0498. The number of benzene rings is 1. The van der Waals surface area contributed by atoms with E-state index in [4.69, 9.17) is 4.74 Å². The van der Waals surface area contributed by atoms with Crippen LogP contribution in [0, 0.1) is 13.8 Å². The Bertz CT molecular complexity index is 688. The molecule has 0 fully saturated rings. The summed E-state index contributed by atoms with van der Waals surface area (Å²) in [6.45, 7) is 4.13. The number of aromatic nitrogens is 1. The second kappa shape index (κ2) is 6.88. The zero-order chi connectivity index (χ0) is 15.2. The van der Waals surface area contributed by atoms with Crippen molar-refractivity contribution in [2.24, 2.45) is 0 Å². The van der Waals surface area contributed by atoms with Gasteiger partial charge < -0.3 is 9.72 Å². The van der Waals surface area contributed by atoms with Gasteiger partial charge in [-0.2, -0.15) is 0 Å². The molecule has 1 aromatic heterocycles. The third-order valence-corrected chi connectivity index (χ3v) is 3.36. The molecule has 21 heavy (non-hydrogen) atoms. The molecule has 4 nitrogen and oxygen atoms in total. The second-order valence-electron chi connectivity index (χ2n) is 5.06. The predicted octanol–water partition coefficient (Wildman–Crippen LogP) is 2.78. The summed E-state index contributed by atoms with van der Waals surface area (Å²) in [5.74, 6) is -0.568. The van der Waals surface area contributed by atoms with Crippen LogP contribution in [0.5, 0.6) is 0 Å². The molecule has 2 rings (SSSR count). The van der Waals surface area contributed by atoms with Crippen molar-refractivity contribution >= 4 is 5.97 Å². The van der Waals surface area contributed by atoms with Gasteiger partial charge in [0.05, 0.1) is 6.61 Å². The summed E-state index contributed by atoms with van der Waals surface area (Å²) in [7, 11) is 0. The maximum Gasteiger partial charge on any atom is 0.343 e. The van der Waals surface area contributed by atoms with Crippen molar-refractivity contribution in [2.45, 2.75) is 26.7 Å². The van der Waals surface area contributed by atoms with Crippen LogP contribution in [-0.2, 0) is 11.2 Å². The van der Waals surface area contributed by atoms with Crippen molar-refractivity contribution < 1.29 is 9.53 Å². The van der Waals surface area contributed by atoms with Gasteiger partial charge >= 0.3 is 5.97 Å². The molecule has 4 heteroatoms. The molecule has 0 bridgehead atoms. The fraction of sp³-hybridized carbons (Fsp3) is 0.294. The summed E-state index contributed by atoms with van der Waals surface area (Å²) in [6.07, 6.45) is 2.99. The molecule has 0 radical (unpaired) electrons. The van der Waals surface area contributed by atoms with E-state index in [0.717, 1.165) is 18.5 Å². The summed E-state index contributed by atoms with van der Waals surface area (Å²) >= 11 is 0. The Morgan fingerprint density at radius 3 is 2.71 bits per heavy atom. The number of aromatic amines is 1. The first-order valence-electron chi connectivity index (χ1n) is 6.99. The summed E-state index contributed by atoms with van der Waals surface area (Å²) in [4.78, 5) is 26.3. The van der Waals surface area contributed by atoms with E-state index >= 15 is 0 Å².